The lowest BCUT2D eigenvalue weighted by Crippen LogP contribution is -2.41. The van der Waals surface area contributed by atoms with Crippen LogP contribution < -0.4 is 4.72 Å². The number of thiophene rings is 1. The number of nitrogens with one attached hydrogen (secondary N) is 2. The average Bonchev–Trinajstić information content (AvgIpc) is 3.49. The molecule has 1 fully saturated rings. The van der Waals surface area contributed by atoms with Crippen LogP contribution in [0.15, 0.2) is 65.4 Å². The SMILES string of the molecule is O=C1[C@@H](NS(=O)(=O)c2ccc(-c3ccncc3)s2)CCN1Cc1cc2cnccc2[nH]1. The van der Waals surface area contributed by atoms with Gasteiger partial charge in [-0.3, -0.25) is 14.8 Å². The number of aromatic nitrogens is 3. The van der Waals surface area contributed by atoms with Crippen LogP contribution in [0.3, 0.4) is 0 Å². The molecule has 5 rings (SSSR count). The third kappa shape index (κ3) is 3.97. The molecule has 0 unspecified atom stereocenters. The zero-order valence-electron chi connectivity index (χ0n) is 16.4. The van der Waals surface area contributed by atoms with Crippen LogP contribution in [0.2, 0.25) is 0 Å². The summed E-state index contributed by atoms with van der Waals surface area (Å²) in [5, 5.41) is 0.976. The molecule has 0 aliphatic carbocycles. The van der Waals surface area contributed by atoms with Crippen LogP contribution >= 0.6 is 11.3 Å². The van der Waals surface area contributed by atoms with Crippen LogP contribution in [0.4, 0.5) is 0 Å². The second-order valence-corrected chi connectivity index (χ2v) is 10.4. The summed E-state index contributed by atoms with van der Waals surface area (Å²) in [7, 11) is -3.79. The van der Waals surface area contributed by atoms with E-state index in [2.05, 4.69) is 19.7 Å². The highest BCUT2D eigenvalue weighted by Crippen LogP contribution is 2.31. The van der Waals surface area contributed by atoms with Gasteiger partial charge in [0.1, 0.15) is 10.3 Å². The van der Waals surface area contributed by atoms with E-state index in [1.165, 1.54) is 11.3 Å². The van der Waals surface area contributed by atoms with Crippen molar-refractivity contribution in [3.8, 4) is 10.4 Å². The van der Waals surface area contributed by atoms with Crippen molar-refractivity contribution >= 4 is 38.2 Å². The fourth-order valence-corrected chi connectivity index (χ4v) is 6.26. The lowest BCUT2D eigenvalue weighted by atomic mass is 10.2. The summed E-state index contributed by atoms with van der Waals surface area (Å²) in [5.74, 6) is -0.216. The second-order valence-electron chi connectivity index (χ2n) is 7.33. The van der Waals surface area contributed by atoms with Gasteiger partial charge in [-0.05, 0) is 48.4 Å². The molecule has 0 radical (unpaired) electrons. The van der Waals surface area contributed by atoms with Gasteiger partial charge in [0, 0.05) is 52.8 Å². The van der Waals surface area contributed by atoms with Gasteiger partial charge in [-0.25, -0.2) is 8.42 Å². The number of carbonyl (C=O) groups is 1. The number of H-pyrrole nitrogens is 1. The van der Waals surface area contributed by atoms with E-state index in [4.69, 9.17) is 0 Å². The smallest absolute Gasteiger partial charge is 0.250 e. The van der Waals surface area contributed by atoms with Gasteiger partial charge in [0.05, 0.1) is 6.54 Å². The Hall–Kier alpha value is -3.08. The number of carbonyl (C=O) groups excluding carboxylic acids is 1. The number of hydrogen-bond acceptors (Lipinski definition) is 6. The van der Waals surface area contributed by atoms with Crippen molar-refractivity contribution in [2.75, 3.05) is 6.54 Å². The molecule has 1 amide bonds. The van der Waals surface area contributed by atoms with E-state index < -0.39 is 16.1 Å². The maximum absolute atomic E-state index is 12.9. The van der Waals surface area contributed by atoms with Crippen LogP contribution in [0, 0.1) is 0 Å². The van der Waals surface area contributed by atoms with Crippen LogP contribution in [-0.4, -0.2) is 46.8 Å². The largest absolute Gasteiger partial charge is 0.357 e. The van der Waals surface area contributed by atoms with Gasteiger partial charge >= 0.3 is 0 Å². The molecule has 0 bridgehead atoms. The molecule has 2 N–H and O–H groups in total. The zero-order valence-corrected chi connectivity index (χ0v) is 18.0. The topological polar surface area (TPSA) is 108 Å². The number of sulfonamides is 1. The monoisotopic (exact) mass is 453 g/mol. The Morgan fingerprint density at radius 3 is 2.74 bits per heavy atom. The van der Waals surface area contributed by atoms with Gasteiger partial charge in [-0.2, -0.15) is 4.72 Å². The van der Waals surface area contributed by atoms with E-state index in [1.54, 1.807) is 41.8 Å². The molecule has 1 atom stereocenters. The van der Waals surface area contributed by atoms with E-state index >= 15 is 0 Å². The summed E-state index contributed by atoms with van der Waals surface area (Å²) in [6, 6.07) is 10.1. The maximum Gasteiger partial charge on any atom is 0.250 e. The Morgan fingerprint density at radius 1 is 1.13 bits per heavy atom. The molecular weight excluding hydrogens is 434 g/mol. The summed E-state index contributed by atoms with van der Waals surface area (Å²) < 4.78 is 28.5. The molecule has 1 aliphatic heterocycles. The number of aromatic amines is 1. The molecule has 31 heavy (non-hydrogen) atoms. The summed E-state index contributed by atoms with van der Waals surface area (Å²) >= 11 is 1.17. The van der Waals surface area contributed by atoms with Crippen molar-refractivity contribution in [2.24, 2.45) is 0 Å². The zero-order chi connectivity index (χ0) is 21.4. The summed E-state index contributed by atoms with van der Waals surface area (Å²) in [6.45, 7) is 0.892. The Labute approximate surface area is 183 Å². The molecule has 8 nitrogen and oxygen atoms in total. The van der Waals surface area contributed by atoms with Crippen molar-refractivity contribution in [3.05, 3.63) is 66.9 Å². The Kier molecular flexibility index (Phi) is 5.05. The van der Waals surface area contributed by atoms with E-state index in [0.29, 0.717) is 19.5 Å². The number of fused-ring (bicyclic) bond motifs is 1. The minimum atomic E-state index is -3.79. The van der Waals surface area contributed by atoms with Crippen LogP contribution in [0.25, 0.3) is 21.3 Å². The van der Waals surface area contributed by atoms with Gasteiger partial charge in [-0.15, -0.1) is 11.3 Å². The van der Waals surface area contributed by atoms with Gasteiger partial charge < -0.3 is 9.88 Å². The van der Waals surface area contributed by atoms with Crippen molar-refractivity contribution in [1.82, 2.24) is 24.6 Å². The molecular formula is C21H19N5O3S2. The van der Waals surface area contributed by atoms with Crippen LogP contribution in [0.5, 0.6) is 0 Å². The number of rotatable bonds is 6. The lowest BCUT2D eigenvalue weighted by Gasteiger charge is -2.16. The minimum Gasteiger partial charge on any atom is -0.357 e. The highest BCUT2D eigenvalue weighted by Gasteiger charge is 2.35. The standard InChI is InChI=1S/C21H19N5O3S2/c27-21-18(6-10-26(21)13-16-11-15-12-23-9-5-17(15)24-16)25-31(28,29)20-2-1-19(30-20)14-3-7-22-8-4-14/h1-5,7-9,11-12,18,24-25H,6,10,13H2/t18-/m0/s1. The van der Waals surface area contributed by atoms with E-state index in [-0.39, 0.29) is 10.1 Å². The van der Waals surface area contributed by atoms with Gasteiger partial charge in [0.15, 0.2) is 0 Å². The molecule has 0 spiro atoms. The fraction of sp³-hybridized carbons (Fsp3) is 0.190. The first-order chi connectivity index (χ1) is 15.0. The third-order valence-corrected chi connectivity index (χ3v) is 8.34. The number of nitrogens with zero attached hydrogens (tertiary/aromatic N) is 3. The maximum atomic E-state index is 12.9. The van der Waals surface area contributed by atoms with Crippen molar-refractivity contribution in [1.29, 1.82) is 0 Å². The Bertz CT molecular complexity index is 1310. The number of pyridine rings is 2. The predicted molar refractivity (Wildman–Crippen MR) is 118 cm³/mol. The van der Waals surface area contributed by atoms with Crippen LogP contribution in [0.1, 0.15) is 12.1 Å². The Morgan fingerprint density at radius 2 is 1.94 bits per heavy atom. The average molecular weight is 454 g/mol. The molecule has 5 heterocycles. The molecule has 4 aromatic rings. The number of likely N-dealkylation sites (tertiary alicyclic amines) is 1. The highest BCUT2D eigenvalue weighted by molar-refractivity contribution is 7.91. The number of amides is 1. The molecule has 4 aromatic heterocycles. The molecule has 10 heteroatoms. The second kappa shape index (κ2) is 7.88. The van der Waals surface area contributed by atoms with Crippen molar-refractivity contribution < 1.29 is 13.2 Å². The van der Waals surface area contributed by atoms with Gasteiger partial charge in [0.25, 0.3) is 10.0 Å². The van der Waals surface area contributed by atoms with Crippen molar-refractivity contribution in [2.45, 2.75) is 23.2 Å². The van der Waals surface area contributed by atoms with E-state index in [0.717, 1.165) is 27.0 Å². The number of hydrogen-bond donors (Lipinski definition) is 2. The fourth-order valence-electron chi connectivity index (χ4n) is 3.71. The quantitative estimate of drug-likeness (QED) is 0.467. The van der Waals surface area contributed by atoms with Crippen molar-refractivity contribution in [3.63, 3.8) is 0 Å². The summed E-state index contributed by atoms with van der Waals surface area (Å²) in [4.78, 5) is 26.7. The normalized spacial score (nSPS) is 17.0. The molecule has 0 saturated carbocycles. The summed E-state index contributed by atoms with van der Waals surface area (Å²) in [6.07, 6.45) is 7.23. The molecule has 0 aromatic carbocycles. The predicted octanol–water partition coefficient (Wildman–Crippen LogP) is 2.77. The van der Waals surface area contributed by atoms with Gasteiger partial charge in [0.2, 0.25) is 5.91 Å². The Balaban J connectivity index is 1.28. The van der Waals surface area contributed by atoms with E-state index in [1.807, 2.05) is 24.3 Å². The highest BCUT2D eigenvalue weighted by atomic mass is 32.2. The first kappa shape index (κ1) is 19.9. The van der Waals surface area contributed by atoms with Crippen LogP contribution in [-0.2, 0) is 21.4 Å². The summed E-state index contributed by atoms with van der Waals surface area (Å²) in [5.41, 5.74) is 2.75. The third-order valence-electron chi connectivity index (χ3n) is 5.24. The molecule has 1 aliphatic rings. The molecule has 1 saturated heterocycles. The first-order valence-corrected chi connectivity index (χ1v) is 12.0. The minimum absolute atomic E-state index is 0.189. The van der Waals surface area contributed by atoms with Gasteiger partial charge in [-0.1, -0.05) is 0 Å². The first-order valence-electron chi connectivity index (χ1n) is 9.72. The molecule has 158 valence electrons. The van der Waals surface area contributed by atoms with E-state index in [9.17, 15) is 13.2 Å². The lowest BCUT2D eigenvalue weighted by molar-refractivity contribution is -0.129.